The van der Waals surface area contributed by atoms with Crippen LogP contribution in [0.2, 0.25) is 9.88 Å². The summed E-state index contributed by atoms with van der Waals surface area (Å²) < 4.78 is 3.16. The molecular weight excluding hydrogens is 383 g/mol. The third-order valence-corrected chi connectivity index (χ3v) is 15.1. The number of hydrogen-bond acceptors (Lipinski definition) is 0. The van der Waals surface area contributed by atoms with Gasteiger partial charge in [0.15, 0.2) is 0 Å². The van der Waals surface area contributed by atoms with Crippen LogP contribution in [-0.4, -0.2) is 18.4 Å². The first kappa shape index (κ1) is 18.6. The quantitative estimate of drug-likeness (QED) is 0.599. The molecule has 0 aliphatic rings. The fourth-order valence-electron chi connectivity index (χ4n) is 2.94. The minimum atomic E-state index is -2.46. The molecule has 0 fully saturated rings. The predicted molar refractivity (Wildman–Crippen MR) is 107 cm³/mol. The van der Waals surface area contributed by atoms with Crippen LogP contribution in [0, 0.1) is 0 Å². The first-order valence-corrected chi connectivity index (χ1v) is 17.2. The summed E-state index contributed by atoms with van der Waals surface area (Å²) in [4.78, 5) is 5.04. The summed E-state index contributed by atoms with van der Waals surface area (Å²) >= 11 is -2.46. The summed E-state index contributed by atoms with van der Waals surface area (Å²) in [7, 11) is 0. The Labute approximate surface area is 147 Å². The summed E-state index contributed by atoms with van der Waals surface area (Å²) in [5.74, 6) is 0. The van der Waals surface area contributed by atoms with E-state index in [1.807, 2.05) is 0 Å². The van der Waals surface area contributed by atoms with E-state index in [-0.39, 0.29) is 10.8 Å². The normalized spacial score (nSPS) is 13.2. The van der Waals surface area contributed by atoms with Gasteiger partial charge in [0.05, 0.1) is 0 Å². The van der Waals surface area contributed by atoms with E-state index >= 15 is 0 Å². The molecule has 0 heterocycles. The van der Waals surface area contributed by atoms with Crippen LogP contribution >= 0.6 is 0 Å². The number of hydrogen-bond donors (Lipinski definition) is 0. The summed E-state index contributed by atoms with van der Waals surface area (Å²) in [5.41, 5.74) is 3.30. The molecule has 0 unspecified atom stereocenters. The molecule has 0 saturated heterocycles. The van der Waals surface area contributed by atoms with Gasteiger partial charge in [-0.25, -0.2) is 0 Å². The zero-order valence-corrected chi connectivity index (χ0v) is 19.0. The molecule has 0 nitrogen and oxygen atoms in total. The van der Waals surface area contributed by atoms with Crippen LogP contribution < -0.4 is 7.16 Å². The Kier molecular flexibility index (Phi) is 5.07. The van der Waals surface area contributed by atoms with Crippen LogP contribution in [0.3, 0.4) is 0 Å². The van der Waals surface area contributed by atoms with Crippen LogP contribution in [0.5, 0.6) is 0 Å². The van der Waals surface area contributed by atoms with E-state index in [2.05, 4.69) is 100.0 Å². The van der Waals surface area contributed by atoms with E-state index in [4.69, 9.17) is 0 Å². The average Bonchev–Trinajstić information content (AvgIpc) is 2.46. The number of benzene rings is 2. The molecule has 0 saturated carbocycles. The van der Waals surface area contributed by atoms with Gasteiger partial charge in [-0.15, -0.1) is 0 Å². The molecule has 2 rings (SSSR count). The monoisotopic (exact) mass is 416 g/mol. The van der Waals surface area contributed by atoms with Crippen molar-refractivity contribution in [2.75, 3.05) is 0 Å². The first-order chi connectivity index (χ1) is 10.4. The zero-order chi connectivity index (χ0) is 17.5. The Bertz CT molecular complexity index is 588. The average molecular weight is 415 g/mol. The fraction of sp³-hybridized carbons (Fsp3) is 0.455. The van der Waals surface area contributed by atoms with Gasteiger partial charge in [0.2, 0.25) is 0 Å². The molecule has 0 N–H and O–H groups in total. The van der Waals surface area contributed by atoms with Gasteiger partial charge in [0, 0.05) is 0 Å². The van der Waals surface area contributed by atoms with Gasteiger partial charge < -0.3 is 0 Å². The van der Waals surface area contributed by atoms with Crippen molar-refractivity contribution in [1.82, 2.24) is 0 Å². The molecule has 2 aromatic rings. The molecule has 0 aliphatic carbocycles. The molecule has 0 aromatic heterocycles. The molecule has 2 aromatic carbocycles. The van der Waals surface area contributed by atoms with Crippen molar-refractivity contribution in [3.05, 3.63) is 59.7 Å². The topological polar surface area (TPSA) is 0 Å². The molecule has 0 bridgehead atoms. The Morgan fingerprint density at radius 1 is 0.522 bits per heavy atom. The van der Waals surface area contributed by atoms with E-state index < -0.39 is 18.4 Å². The third kappa shape index (κ3) is 4.20. The van der Waals surface area contributed by atoms with Crippen LogP contribution in [0.4, 0.5) is 0 Å². The first-order valence-electron chi connectivity index (χ1n) is 8.64. The Hall–Kier alpha value is -0.761. The van der Waals surface area contributed by atoms with Crippen molar-refractivity contribution >= 4 is 25.5 Å². The summed E-state index contributed by atoms with van der Waals surface area (Å²) in [5, 5.41) is 0. The van der Waals surface area contributed by atoms with E-state index in [0.717, 1.165) is 0 Å². The van der Waals surface area contributed by atoms with Gasteiger partial charge in [-0.3, -0.25) is 0 Å². The molecule has 23 heavy (non-hydrogen) atoms. The van der Waals surface area contributed by atoms with Crippen LogP contribution in [-0.2, 0) is 10.8 Å². The molecule has 0 atom stereocenters. The second-order valence-corrected chi connectivity index (χ2v) is 21.9. The fourth-order valence-corrected chi connectivity index (χ4v) is 9.60. The summed E-state index contributed by atoms with van der Waals surface area (Å²) in [6.45, 7) is 13.7. The molecule has 0 amide bonds. The summed E-state index contributed by atoms with van der Waals surface area (Å²) in [6.07, 6.45) is 0. The van der Waals surface area contributed by atoms with Crippen molar-refractivity contribution in [2.24, 2.45) is 0 Å². The van der Waals surface area contributed by atoms with Gasteiger partial charge in [-0.1, -0.05) is 0 Å². The SMILES string of the molecule is CC(C)(C)c1cc[c]([Sn]([CH3])([CH3])[c]2ccc(C(C)(C)C)cc2)cc1. The molecule has 0 aliphatic heterocycles. The second-order valence-electron chi connectivity index (χ2n) is 9.28. The van der Waals surface area contributed by atoms with Gasteiger partial charge in [-0.2, -0.15) is 0 Å². The maximum absolute atomic E-state index is 2.52. The molecule has 1 heteroatoms. The van der Waals surface area contributed by atoms with Gasteiger partial charge in [0.25, 0.3) is 0 Å². The molecular formula is C22H32Sn. The van der Waals surface area contributed by atoms with Crippen molar-refractivity contribution in [3.8, 4) is 0 Å². The van der Waals surface area contributed by atoms with Crippen molar-refractivity contribution in [3.63, 3.8) is 0 Å². The van der Waals surface area contributed by atoms with Crippen LogP contribution in [0.1, 0.15) is 52.7 Å². The van der Waals surface area contributed by atoms with Gasteiger partial charge in [0.1, 0.15) is 0 Å². The third-order valence-electron chi connectivity index (χ3n) is 4.95. The standard InChI is InChI=1S/2C10H13.2CH3.Sn/c2*1-10(2,3)9-7-5-4-6-8-9;;;/h2*5-8H,1-3H3;2*1H3;. The van der Waals surface area contributed by atoms with E-state index in [9.17, 15) is 0 Å². The minimum absolute atomic E-state index is 0.229. The second kappa shape index (κ2) is 6.27. The molecule has 0 radical (unpaired) electrons. The number of rotatable bonds is 2. The van der Waals surface area contributed by atoms with Crippen LogP contribution in [0.25, 0.3) is 0 Å². The Morgan fingerprint density at radius 3 is 1.00 bits per heavy atom. The molecule has 124 valence electrons. The van der Waals surface area contributed by atoms with Crippen LogP contribution in [0.15, 0.2) is 48.5 Å². The van der Waals surface area contributed by atoms with E-state index in [1.165, 1.54) is 11.1 Å². The van der Waals surface area contributed by atoms with E-state index in [0.29, 0.717) is 0 Å². The van der Waals surface area contributed by atoms with Gasteiger partial charge >= 0.3 is 147 Å². The van der Waals surface area contributed by atoms with Gasteiger partial charge in [-0.05, 0) is 0 Å². The van der Waals surface area contributed by atoms with Crippen molar-refractivity contribution < 1.29 is 0 Å². The predicted octanol–water partition coefficient (Wildman–Crippen LogP) is 5.10. The molecule has 0 spiro atoms. The Balaban J connectivity index is 2.34. The van der Waals surface area contributed by atoms with Crippen molar-refractivity contribution in [1.29, 1.82) is 0 Å². The van der Waals surface area contributed by atoms with Crippen molar-refractivity contribution in [2.45, 2.75) is 62.3 Å². The Morgan fingerprint density at radius 2 is 0.783 bits per heavy atom. The maximum atomic E-state index is 2.52. The zero-order valence-electron chi connectivity index (χ0n) is 16.1. The van der Waals surface area contributed by atoms with E-state index in [1.54, 1.807) is 7.16 Å². The summed E-state index contributed by atoms with van der Waals surface area (Å²) in [6, 6.07) is 18.9.